The van der Waals surface area contributed by atoms with Crippen molar-refractivity contribution in [2.24, 2.45) is 0 Å². The summed E-state index contributed by atoms with van der Waals surface area (Å²) in [6.45, 7) is 10.2. The molecule has 0 unspecified atom stereocenters. The monoisotopic (exact) mass is 331 g/mol. The van der Waals surface area contributed by atoms with Gasteiger partial charge < -0.3 is 19.4 Å². The van der Waals surface area contributed by atoms with Crippen molar-refractivity contribution >= 4 is 18.5 Å². The van der Waals surface area contributed by atoms with Crippen LogP contribution in [0, 0.1) is 0 Å². The van der Waals surface area contributed by atoms with Crippen LogP contribution in [0.2, 0.25) is 0 Å². The fraction of sp³-hybridized carbons (Fsp3) is 0.611. The fourth-order valence-corrected chi connectivity index (χ4v) is 2.56. The molecule has 24 heavy (non-hydrogen) atoms. The molecule has 1 heterocycles. The minimum absolute atomic E-state index is 0.0163. The Morgan fingerprint density at radius 2 is 1.79 bits per heavy atom. The van der Waals surface area contributed by atoms with Gasteiger partial charge in [0, 0.05) is 5.54 Å². The summed E-state index contributed by atoms with van der Waals surface area (Å²) in [6, 6.07) is 7.53. The lowest BCUT2D eigenvalue weighted by Crippen LogP contribution is -2.41. The van der Waals surface area contributed by atoms with Gasteiger partial charge in [-0.15, -0.1) is 0 Å². The number of nitrogens with one attached hydrogen (secondary N) is 1. The SMILES string of the molecule is CC1(NC(=O)COc2cccc(B3OC(C)(C)C(C)(C)O3)c2)CC1. The summed E-state index contributed by atoms with van der Waals surface area (Å²) in [6.07, 6.45) is 2.08. The zero-order chi connectivity index (χ0) is 17.6. The van der Waals surface area contributed by atoms with E-state index in [1.165, 1.54) is 0 Å². The predicted molar refractivity (Wildman–Crippen MR) is 93.4 cm³/mol. The van der Waals surface area contributed by atoms with Gasteiger partial charge in [-0.05, 0) is 65.1 Å². The topological polar surface area (TPSA) is 56.8 Å². The van der Waals surface area contributed by atoms with Gasteiger partial charge in [-0.1, -0.05) is 12.1 Å². The third-order valence-corrected chi connectivity index (χ3v) is 5.19. The zero-order valence-electron chi connectivity index (χ0n) is 15.1. The summed E-state index contributed by atoms with van der Waals surface area (Å²) in [7, 11) is -0.433. The molecule has 1 aliphatic heterocycles. The summed E-state index contributed by atoms with van der Waals surface area (Å²) in [5, 5.41) is 2.98. The van der Waals surface area contributed by atoms with E-state index in [0.717, 1.165) is 18.3 Å². The highest BCUT2D eigenvalue weighted by Gasteiger charge is 2.51. The second kappa shape index (κ2) is 5.78. The van der Waals surface area contributed by atoms with E-state index in [1.807, 2.05) is 58.9 Å². The van der Waals surface area contributed by atoms with E-state index >= 15 is 0 Å². The van der Waals surface area contributed by atoms with Gasteiger partial charge in [-0.2, -0.15) is 0 Å². The van der Waals surface area contributed by atoms with E-state index in [2.05, 4.69) is 5.32 Å². The van der Waals surface area contributed by atoms with Crippen molar-refractivity contribution in [1.29, 1.82) is 0 Å². The molecule has 5 nitrogen and oxygen atoms in total. The van der Waals surface area contributed by atoms with Gasteiger partial charge in [0.25, 0.3) is 5.91 Å². The number of amides is 1. The number of ether oxygens (including phenoxy) is 1. The first-order chi connectivity index (χ1) is 11.1. The maximum absolute atomic E-state index is 11.9. The van der Waals surface area contributed by atoms with E-state index in [1.54, 1.807) is 0 Å². The largest absolute Gasteiger partial charge is 0.494 e. The molecule has 130 valence electrons. The van der Waals surface area contributed by atoms with Crippen molar-refractivity contribution in [3.8, 4) is 5.75 Å². The maximum atomic E-state index is 11.9. The normalized spacial score (nSPS) is 23.0. The van der Waals surface area contributed by atoms with Crippen molar-refractivity contribution in [2.75, 3.05) is 6.61 Å². The van der Waals surface area contributed by atoms with Crippen molar-refractivity contribution < 1.29 is 18.8 Å². The van der Waals surface area contributed by atoms with Gasteiger partial charge in [0.1, 0.15) is 5.75 Å². The summed E-state index contributed by atoms with van der Waals surface area (Å²) >= 11 is 0. The number of hydrogen-bond donors (Lipinski definition) is 1. The van der Waals surface area contributed by atoms with Gasteiger partial charge in [-0.25, -0.2) is 0 Å². The molecular weight excluding hydrogens is 305 g/mol. The molecule has 1 aromatic rings. The molecular formula is C18H26BNO4. The standard InChI is InChI=1S/C18H26BNO4/c1-16(2)17(3,4)24-19(23-16)13-7-6-8-14(11-13)22-12-15(21)20-18(5)9-10-18/h6-8,11H,9-10,12H2,1-5H3,(H,20,21). The Morgan fingerprint density at radius 1 is 1.17 bits per heavy atom. The van der Waals surface area contributed by atoms with E-state index in [4.69, 9.17) is 14.0 Å². The van der Waals surface area contributed by atoms with Crippen molar-refractivity contribution in [3.05, 3.63) is 24.3 Å². The van der Waals surface area contributed by atoms with Gasteiger partial charge >= 0.3 is 7.12 Å². The number of carbonyl (C=O) groups excluding carboxylic acids is 1. The molecule has 3 rings (SSSR count). The molecule has 6 heteroatoms. The third-order valence-electron chi connectivity index (χ3n) is 5.19. The Morgan fingerprint density at radius 3 is 2.38 bits per heavy atom. The first kappa shape index (κ1) is 17.3. The lowest BCUT2D eigenvalue weighted by atomic mass is 9.79. The highest BCUT2D eigenvalue weighted by molar-refractivity contribution is 6.62. The Labute approximate surface area is 144 Å². The predicted octanol–water partition coefficient (Wildman–Crippen LogP) is 2.03. The van der Waals surface area contributed by atoms with Crippen LogP contribution in [0.4, 0.5) is 0 Å². The second-order valence-corrected chi connectivity index (χ2v) is 8.06. The molecule has 1 saturated carbocycles. The highest BCUT2D eigenvalue weighted by atomic mass is 16.7. The van der Waals surface area contributed by atoms with Crippen LogP contribution in [0.15, 0.2) is 24.3 Å². The highest BCUT2D eigenvalue weighted by Crippen LogP contribution is 2.36. The van der Waals surface area contributed by atoms with Crippen molar-refractivity contribution in [1.82, 2.24) is 5.32 Å². The van der Waals surface area contributed by atoms with Crippen molar-refractivity contribution in [2.45, 2.75) is 64.2 Å². The lowest BCUT2D eigenvalue weighted by Gasteiger charge is -2.32. The summed E-state index contributed by atoms with van der Waals surface area (Å²) in [5.74, 6) is 0.550. The van der Waals surface area contributed by atoms with Crippen LogP contribution in [0.5, 0.6) is 5.75 Å². The molecule has 1 saturated heterocycles. The van der Waals surface area contributed by atoms with Crippen LogP contribution >= 0.6 is 0 Å². The number of rotatable bonds is 5. The molecule has 1 N–H and O–H groups in total. The lowest BCUT2D eigenvalue weighted by molar-refractivity contribution is -0.123. The van der Waals surface area contributed by atoms with E-state index < -0.39 is 7.12 Å². The minimum atomic E-state index is -0.433. The van der Waals surface area contributed by atoms with Crippen LogP contribution in [0.1, 0.15) is 47.5 Å². The summed E-state index contributed by atoms with van der Waals surface area (Å²) in [5.41, 5.74) is 0.105. The van der Waals surface area contributed by atoms with E-state index in [9.17, 15) is 4.79 Å². The first-order valence-corrected chi connectivity index (χ1v) is 8.50. The zero-order valence-corrected chi connectivity index (χ0v) is 15.1. The van der Waals surface area contributed by atoms with E-state index in [0.29, 0.717) is 5.75 Å². The average molecular weight is 331 g/mol. The smallest absolute Gasteiger partial charge is 0.484 e. The Bertz CT molecular complexity index is 624. The van der Waals surface area contributed by atoms with Gasteiger partial charge in [0.15, 0.2) is 6.61 Å². The van der Waals surface area contributed by atoms with Crippen LogP contribution in [-0.2, 0) is 14.1 Å². The molecule has 2 fully saturated rings. The van der Waals surface area contributed by atoms with Crippen LogP contribution in [-0.4, -0.2) is 36.4 Å². The molecule has 2 aliphatic rings. The maximum Gasteiger partial charge on any atom is 0.494 e. The second-order valence-electron chi connectivity index (χ2n) is 8.06. The van der Waals surface area contributed by atoms with Gasteiger partial charge in [-0.3, -0.25) is 4.79 Å². The molecule has 0 radical (unpaired) electrons. The third kappa shape index (κ3) is 3.60. The molecule has 1 aromatic carbocycles. The molecule has 1 amide bonds. The molecule has 0 spiro atoms. The average Bonchev–Trinajstić information content (AvgIpc) is 3.15. The number of carbonyl (C=O) groups is 1. The van der Waals surface area contributed by atoms with Crippen LogP contribution < -0.4 is 15.5 Å². The quantitative estimate of drug-likeness (QED) is 0.839. The number of hydrogen-bond acceptors (Lipinski definition) is 4. The Balaban J connectivity index is 1.61. The molecule has 0 aromatic heterocycles. The van der Waals surface area contributed by atoms with Gasteiger partial charge in [0.05, 0.1) is 11.2 Å². The van der Waals surface area contributed by atoms with E-state index in [-0.39, 0.29) is 29.3 Å². The molecule has 0 bridgehead atoms. The van der Waals surface area contributed by atoms with Gasteiger partial charge in [0.2, 0.25) is 0 Å². The Kier molecular flexibility index (Phi) is 4.17. The number of benzene rings is 1. The first-order valence-electron chi connectivity index (χ1n) is 8.50. The summed E-state index contributed by atoms with van der Waals surface area (Å²) in [4.78, 5) is 11.9. The molecule has 0 atom stereocenters. The Hall–Kier alpha value is -1.53. The summed E-state index contributed by atoms with van der Waals surface area (Å²) < 4.78 is 17.7. The minimum Gasteiger partial charge on any atom is -0.484 e. The van der Waals surface area contributed by atoms with Crippen LogP contribution in [0.25, 0.3) is 0 Å². The fourth-order valence-electron chi connectivity index (χ4n) is 2.56. The van der Waals surface area contributed by atoms with Crippen molar-refractivity contribution in [3.63, 3.8) is 0 Å². The molecule has 1 aliphatic carbocycles. The van der Waals surface area contributed by atoms with Crippen LogP contribution in [0.3, 0.4) is 0 Å².